The third-order valence-corrected chi connectivity index (χ3v) is 8.78. The number of fused-ring (bicyclic) bond motifs is 1. The third kappa shape index (κ3) is 6.38. The minimum atomic E-state index is -0.659. The molecule has 43 heavy (non-hydrogen) atoms. The monoisotopic (exact) mass is 660 g/mol. The average molecular weight is 662 g/mol. The SMILES string of the molecule is CCOC(=O)C1=C(C)N=c2s/c(=C\c3cc(Br)c(OCc4ccccc4)c(OC)c3)c(=O)n2[C@@H]1c1ccc(C(C)C)cc1. The van der Waals surface area contributed by atoms with Gasteiger partial charge in [0, 0.05) is 0 Å². The molecule has 222 valence electrons. The summed E-state index contributed by atoms with van der Waals surface area (Å²) in [6, 6.07) is 21.0. The highest BCUT2D eigenvalue weighted by Crippen LogP contribution is 2.37. The van der Waals surface area contributed by atoms with Crippen LogP contribution in [0.25, 0.3) is 6.08 Å². The van der Waals surface area contributed by atoms with E-state index in [9.17, 15) is 9.59 Å². The molecule has 4 aromatic rings. The van der Waals surface area contributed by atoms with Gasteiger partial charge >= 0.3 is 5.97 Å². The highest BCUT2D eigenvalue weighted by atomic mass is 79.9. The number of nitrogens with zero attached hydrogens (tertiary/aromatic N) is 2. The largest absolute Gasteiger partial charge is 0.493 e. The number of allylic oxidation sites excluding steroid dienone is 1. The molecule has 0 aliphatic carbocycles. The van der Waals surface area contributed by atoms with Crippen LogP contribution in [-0.4, -0.2) is 24.3 Å². The summed E-state index contributed by atoms with van der Waals surface area (Å²) in [7, 11) is 1.58. The van der Waals surface area contributed by atoms with Crippen molar-refractivity contribution in [2.24, 2.45) is 4.99 Å². The zero-order valence-electron chi connectivity index (χ0n) is 24.7. The molecule has 1 aromatic heterocycles. The molecule has 0 bridgehead atoms. The van der Waals surface area contributed by atoms with Crippen molar-refractivity contribution in [2.75, 3.05) is 13.7 Å². The molecule has 0 N–H and O–H groups in total. The van der Waals surface area contributed by atoms with Crippen LogP contribution < -0.4 is 24.4 Å². The van der Waals surface area contributed by atoms with E-state index < -0.39 is 12.0 Å². The first-order valence-electron chi connectivity index (χ1n) is 14.1. The molecule has 1 atom stereocenters. The summed E-state index contributed by atoms with van der Waals surface area (Å²) in [5.74, 6) is 0.984. The Labute approximate surface area is 262 Å². The number of halogens is 1. The summed E-state index contributed by atoms with van der Waals surface area (Å²) in [6.45, 7) is 8.41. The summed E-state index contributed by atoms with van der Waals surface area (Å²) in [5.41, 5.74) is 4.43. The van der Waals surface area contributed by atoms with E-state index in [4.69, 9.17) is 14.2 Å². The topological polar surface area (TPSA) is 79.1 Å². The number of benzene rings is 3. The van der Waals surface area contributed by atoms with Gasteiger partial charge in [0.25, 0.3) is 5.56 Å². The molecule has 0 amide bonds. The Bertz CT molecular complexity index is 1860. The zero-order chi connectivity index (χ0) is 30.7. The normalized spacial score (nSPS) is 14.9. The Balaban J connectivity index is 1.58. The van der Waals surface area contributed by atoms with E-state index in [-0.39, 0.29) is 12.2 Å². The fourth-order valence-corrected chi connectivity index (χ4v) is 6.64. The summed E-state index contributed by atoms with van der Waals surface area (Å²) >= 11 is 4.90. The second kappa shape index (κ2) is 13.1. The molecule has 2 heterocycles. The van der Waals surface area contributed by atoms with Crippen molar-refractivity contribution >= 4 is 39.3 Å². The first-order chi connectivity index (χ1) is 20.7. The quantitative estimate of drug-likeness (QED) is 0.198. The van der Waals surface area contributed by atoms with Crippen LogP contribution in [-0.2, 0) is 16.1 Å². The molecule has 5 rings (SSSR count). The van der Waals surface area contributed by atoms with Crippen LogP contribution in [0.3, 0.4) is 0 Å². The van der Waals surface area contributed by atoms with Crippen molar-refractivity contribution in [3.8, 4) is 11.5 Å². The molecule has 0 spiro atoms. The molecule has 7 nitrogen and oxygen atoms in total. The lowest BCUT2D eigenvalue weighted by molar-refractivity contribution is -0.139. The second-order valence-electron chi connectivity index (χ2n) is 10.4. The minimum absolute atomic E-state index is 0.223. The summed E-state index contributed by atoms with van der Waals surface area (Å²) in [6.07, 6.45) is 1.81. The Morgan fingerprint density at radius 1 is 1.12 bits per heavy atom. The van der Waals surface area contributed by atoms with Crippen molar-refractivity contribution in [3.63, 3.8) is 0 Å². The summed E-state index contributed by atoms with van der Waals surface area (Å²) in [4.78, 5) is 32.4. The van der Waals surface area contributed by atoms with Crippen molar-refractivity contribution in [1.29, 1.82) is 0 Å². The van der Waals surface area contributed by atoms with Gasteiger partial charge in [-0.2, -0.15) is 0 Å². The number of hydrogen-bond acceptors (Lipinski definition) is 7. The van der Waals surface area contributed by atoms with Crippen LogP contribution in [0.5, 0.6) is 11.5 Å². The molecule has 0 unspecified atom stereocenters. The van der Waals surface area contributed by atoms with Crippen molar-refractivity contribution in [3.05, 3.63) is 124 Å². The van der Waals surface area contributed by atoms with Crippen LogP contribution in [0.4, 0.5) is 0 Å². The van der Waals surface area contributed by atoms with E-state index in [1.54, 1.807) is 31.6 Å². The van der Waals surface area contributed by atoms with Gasteiger partial charge < -0.3 is 14.2 Å². The smallest absolute Gasteiger partial charge is 0.338 e. The van der Waals surface area contributed by atoms with Gasteiger partial charge in [0.05, 0.1) is 40.0 Å². The minimum Gasteiger partial charge on any atom is -0.493 e. The Kier molecular flexibility index (Phi) is 9.32. The standard InChI is InChI=1S/C34H33BrN2O5S/c1-6-41-33(39)29-21(4)36-34-37(30(29)25-14-12-24(13-15-25)20(2)3)32(38)28(43-34)18-23-16-26(35)31(27(17-23)40-5)42-19-22-10-8-7-9-11-22/h7-18,20,30H,6,19H2,1-5H3/b28-18-/t30-/m1/s1. The lowest BCUT2D eigenvalue weighted by atomic mass is 9.93. The number of methoxy groups -OCH3 is 1. The van der Waals surface area contributed by atoms with Crippen LogP contribution in [0.15, 0.2) is 92.3 Å². The maximum absolute atomic E-state index is 14.0. The predicted molar refractivity (Wildman–Crippen MR) is 172 cm³/mol. The number of carbonyl (C=O) groups excluding carboxylic acids is 1. The maximum Gasteiger partial charge on any atom is 0.338 e. The van der Waals surface area contributed by atoms with Crippen LogP contribution >= 0.6 is 27.3 Å². The molecule has 3 aromatic carbocycles. The van der Waals surface area contributed by atoms with Gasteiger partial charge in [-0.05, 0) is 76.2 Å². The summed E-state index contributed by atoms with van der Waals surface area (Å²) < 4.78 is 19.9. The van der Waals surface area contributed by atoms with E-state index in [1.165, 1.54) is 16.9 Å². The highest BCUT2D eigenvalue weighted by molar-refractivity contribution is 9.10. The number of rotatable bonds is 9. The molecular formula is C34H33BrN2O5S. The van der Waals surface area contributed by atoms with Crippen molar-refractivity contribution in [2.45, 2.75) is 46.3 Å². The molecule has 9 heteroatoms. The number of ether oxygens (including phenoxy) is 3. The van der Waals surface area contributed by atoms with Gasteiger partial charge in [0.15, 0.2) is 16.3 Å². The van der Waals surface area contributed by atoms with Gasteiger partial charge in [-0.25, -0.2) is 9.79 Å². The Hall–Kier alpha value is -3.95. The lowest BCUT2D eigenvalue weighted by Crippen LogP contribution is -2.39. The van der Waals surface area contributed by atoms with Crippen LogP contribution in [0.2, 0.25) is 0 Å². The number of esters is 1. The summed E-state index contributed by atoms with van der Waals surface area (Å²) in [5, 5.41) is 0. The third-order valence-electron chi connectivity index (χ3n) is 7.21. The van der Waals surface area contributed by atoms with Crippen molar-refractivity contribution in [1.82, 2.24) is 4.57 Å². The fourth-order valence-electron chi connectivity index (χ4n) is 5.01. The molecule has 0 radical (unpaired) electrons. The van der Waals surface area contributed by atoms with E-state index in [1.807, 2.05) is 66.7 Å². The average Bonchev–Trinajstić information content (AvgIpc) is 3.29. The zero-order valence-corrected chi connectivity index (χ0v) is 27.1. The Morgan fingerprint density at radius 3 is 2.49 bits per heavy atom. The first-order valence-corrected chi connectivity index (χ1v) is 15.7. The van der Waals surface area contributed by atoms with Gasteiger partial charge in [0.2, 0.25) is 0 Å². The van der Waals surface area contributed by atoms with Gasteiger partial charge in [-0.3, -0.25) is 9.36 Å². The maximum atomic E-state index is 14.0. The van der Waals surface area contributed by atoms with E-state index in [0.717, 1.165) is 16.7 Å². The number of hydrogen-bond donors (Lipinski definition) is 0. The highest BCUT2D eigenvalue weighted by Gasteiger charge is 2.33. The molecule has 0 saturated carbocycles. The molecule has 1 aliphatic heterocycles. The molecular weight excluding hydrogens is 628 g/mol. The lowest BCUT2D eigenvalue weighted by Gasteiger charge is -2.25. The van der Waals surface area contributed by atoms with Gasteiger partial charge in [0.1, 0.15) is 6.61 Å². The van der Waals surface area contributed by atoms with Crippen LogP contribution in [0, 0.1) is 0 Å². The molecule has 0 saturated heterocycles. The van der Waals surface area contributed by atoms with Gasteiger partial charge in [-0.15, -0.1) is 0 Å². The number of carbonyl (C=O) groups is 1. The molecule has 1 aliphatic rings. The van der Waals surface area contributed by atoms with E-state index >= 15 is 0 Å². The molecule has 0 fully saturated rings. The predicted octanol–water partition coefficient (Wildman–Crippen LogP) is 6.27. The fraction of sp³-hybridized carbons (Fsp3) is 0.265. The van der Waals surface area contributed by atoms with Crippen molar-refractivity contribution < 1.29 is 19.0 Å². The number of thiazole rings is 1. The van der Waals surface area contributed by atoms with Gasteiger partial charge in [-0.1, -0.05) is 79.8 Å². The van der Waals surface area contributed by atoms with E-state index in [2.05, 4.69) is 34.8 Å². The Morgan fingerprint density at radius 2 is 1.84 bits per heavy atom. The first kappa shape index (κ1) is 30.5. The number of aromatic nitrogens is 1. The van der Waals surface area contributed by atoms with Crippen LogP contribution in [0.1, 0.15) is 61.9 Å². The van der Waals surface area contributed by atoms with E-state index in [0.29, 0.717) is 49.1 Å². The second-order valence-corrected chi connectivity index (χ2v) is 12.3.